The van der Waals surface area contributed by atoms with Gasteiger partial charge in [-0.15, -0.1) is 0 Å². The first-order chi connectivity index (χ1) is 8.97. The van der Waals surface area contributed by atoms with Crippen molar-refractivity contribution in [2.75, 3.05) is 47.6 Å². The third kappa shape index (κ3) is 9.44. The molecule has 2 atom stereocenters. The van der Waals surface area contributed by atoms with E-state index in [2.05, 4.69) is 20.2 Å². The fraction of sp³-hybridized carbons (Fsp3) is 0.727. The Bertz CT molecular complexity index is 267. The summed E-state index contributed by atoms with van der Waals surface area (Å²) in [7, 11) is 5.29. The molecule has 19 heavy (non-hydrogen) atoms. The maximum atomic E-state index is 10.1. The van der Waals surface area contributed by atoms with Crippen LogP contribution < -0.4 is 0 Å². The summed E-state index contributed by atoms with van der Waals surface area (Å²) in [6.45, 7) is 5.97. The molecule has 114 valence electrons. The molecule has 0 radical (unpaired) electrons. The second kappa shape index (κ2) is 10.7. The molecule has 0 aromatic heterocycles. The van der Waals surface area contributed by atoms with E-state index < -0.39 is 7.63 Å². The average Bonchev–Trinajstić information content (AvgIpc) is 2.38. The Morgan fingerprint density at radius 3 is 2.53 bits per heavy atom. The minimum atomic E-state index is -2.71. The maximum absolute atomic E-state index is 10.1. The monoisotopic (exact) mass is 313 g/mol. The first-order valence-corrected chi connectivity index (χ1v) is 9.45. The van der Waals surface area contributed by atoms with Gasteiger partial charge in [-0.05, 0) is 0 Å². The molecule has 0 aliphatic carbocycles. The van der Waals surface area contributed by atoms with E-state index in [4.69, 9.17) is 13.6 Å². The zero-order valence-electron chi connectivity index (χ0n) is 11.8. The molecule has 8 heteroatoms. The molecular formula is C11H25NO5P2. The second-order valence-electron chi connectivity index (χ2n) is 4.20. The fourth-order valence-corrected chi connectivity index (χ4v) is 2.88. The van der Waals surface area contributed by atoms with Crippen molar-refractivity contribution in [1.29, 1.82) is 0 Å². The molecule has 2 unspecified atom stereocenters. The van der Waals surface area contributed by atoms with Gasteiger partial charge in [-0.1, -0.05) is 0 Å². The number of carbonyl (C=O) groups excluding carboxylic acids is 1. The normalized spacial score (nSPS) is 14.2. The molecule has 6 nitrogen and oxygen atoms in total. The van der Waals surface area contributed by atoms with Gasteiger partial charge in [0.25, 0.3) is 0 Å². The number of ether oxygens (including phenoxy) is 1. The van der Waals surface area contributed by atoms with Crippen LogP contribution in [0.25, 0.3) is 0 Å². The van der Waals surface area contributed by atoms with Crippen molar-refractivity contribution < 1.29 is 23.1 Å². The van der Waals surface area contributed by atoms with E-state index in [1.807, 2.05) is 19.0 Å². The van der Waals surface area contributed by atoms with Crippen LogP contribution in [0.2, 0.25) is 0 Å². The number of carbonyl (C=O) groups is 1. The third-order valence-electron chi connectivity index (χ3n) is 2.34. The van der Waals surface area contributed by atoms with Crippen molar-refractivity contribution in [2.24, 2.45) is 5.92 Å². The first-order valence-electron chi connectivity index (χ1n) is 5.92. The molecule has 0 aromatic carbocycles. The van der Waals surface area contributed by atoms with Crippen LogP contribution in [0.1, 0.15) is 0 Å². The molecule has 0 aliphatic rings. The second-order valence-corrected chi connectivity index (χ2v) is 8.51. The van der Waals surface area contributed by atoms with Gasteiger partial charge in [0.2, 0.25) is 0 Å². The van der Waals surface area contributed by atoms with Gasteiger partial charge >= 0.3 is 117 Å². The molecule has 0 heterocycles. The topological polar surface area (TPSA) is 57.2 Å². The van der Waals surface area contributed by atoms with Crippen molar-refractivity contribution in [3.63, 3.8) is 0 Å². The molecule has 0 aromatic rings. The summed E-state index contributed by atoms with van der Waals surface area (Å²) in [5.41, 5.74) is 0. The summed E-state index contributed by atoms with van der Waals surface area (Å²) < 4.78 is 21.3. The Morgan fingerprint density at radius 2 is 2.05 bits per heavy atom. The number of rotatable bonds is 12. The van der Waals surface area contributed by atoms with Gasteiger partial charge in [0.15, 0.2) is 0 Å². The number of hydrogen-bond donors (Lipinski definition) is 0. The molecule has 0 aliphatic heterocycles. The van der Waals surface area contributed by atoms with Gasteiger partial charge < -0.3 is 0 Å². The van der Waals surface area contributed by atoms with E-state index in [0.717, 1.165) is 6.54 Å². The van der Waals surface area contributed by atoms with Crippen molar-refractivity contribution in [3.8, 4) is 0 Å². The van der Waals surface area contributed by atoms with Gasteiger partial charge in [-0.25, -0.2) is 0 Å². The minimum absolute atomic E-state index is 0.0785. The average molecular weight is 313 g/mol. The summed E-state index contributed by atoms with van der Waals surface area (Å²) in [5.74, 6) is -0.0785. The van der Waals surface area contributed by atoms with Gasteiger partial charge in [-0.3, -0.25) is 0 Å². The standard InChI is InChI=1S/C11H25NO5P2/c1-5-11(8-15-10-13)9-17-19(18,14-4)16-7-6-12(2)3/h5,10-11,19H,1,6-9,18H2,2-4H3. The number of hydrogen-bond acceptors (Lipinski definition) is 6. The predicted molar refractivity (Wildman–Crippen MR) is 81.2 cm³/mol. The van der Waals surface area contributed by atoms with Crippen LogP contribution in [0.15, 0.2) is 12.7 Å². The van der Waals surface area contributed by atoms with Crippen LogP contribution >= 0.6 is 16.6 Å². The van der Waals surface area contributed by atoms with Crippen molar-refractivity contribution >= 4 is 23.0 Å². The van der Waals surface area contributed by atoms with Crippen molar-refractivity contribution in [1.82, 2.24) is 4.90 Å². The SMILES string of the molecule is C=CC(COC=O)CO[PH](P)(OC)OCCN(C)C. The summed E-state index contributed by atoms with van der Waals surface area (Å²) in [6, 6.07) is 0. The molecule has 0 rings (SSSR count). The van der Waals surface area contributed by atoms with Crippen LogP contribution in [0, 0.1) is 5.92 Å². The van der Waals surface area contributed by atoms with E-state index in [1.165, 1.54) is 0 Å². The predicted octanol–water partition coefficient (Wildman–Crippen LogP) is 1.49. The molecule has 0 N–H and O–H groups in total. The van der Waals surface area contributed by atoms with E-state index >= 15 is 0 Å². The quantitative estimate of drug-likeness (QED) is 0.309. The van der Waals surface area contributed by atoms with Gasteiger partial charge in [0, 0.05) is 0 Å². The number of likely N-dealkylation sites (N-methyl/N-ethyl adjacent to an activating group) is 1. The Balaban J connectivity index is 4.12. The van der Waals surface area contributed by atoms with E-state index in [9.17, 15) is 4.79 Å². The first kappa shape index (κ1) is 18.9. The number of nitrogens with zero attached hydrogens (tertiary/aromatic N) is 1. The molecule has 0 bridgehead atoms. The Kier molecular flexibility index (Phi) is 10.6. The van der Waals surface area contributed by atoms with Crippen molar-refractivity contribution in [2.45, 2.75) is 0 Å². The summed E-state index contributed by atoms with van der Waals surface area (Å²) in [4.78, 5) is 12.2. The van der Waals surface area contributed by atoms with Crippen LogP contribution in [0.5, 0.6) is 0 Å². The zero-order chi connectivity index (χ0) is 14.7. The molecular weight excluding hydrogens is 288 g/mol. The Hall–Kier alpha value is -0.0900. The van der Waals surface area contributed by atoms with Crippen LogP contribution in [-0.4, -0.2) is 58.9 Å². The van der Waals surface area contributed by atoms with Gasteiger partial charge in [0.05, 0.1) is 0 Å². The molecule has 0 saturated carbocycles. The molecule has 0 spiro atoms. The summed E-state index contributed by atoms with van der Waals surface area (Å²) >= 11 is 0. The van der Waals surface area contributed by atoms with E-state index in [0.29, 0.717) is 19.7 Å². The third-order valence-corrected chi connectivity index (χ3v) is 5.79. The summed E-state index contributed by atoms with van der Waals surface area (Å²) in [5, 5.41) is 0. The Morgan fingerprint density at radius 1 is 1.37 bits per heavy atom. The van der Waals surface area contributed by atoms with E-state index in [-0.39, 0.29) is 12.5 Å². The molecule has 0 saturated heterocycles. The van der Waals surface area contributed by atoms with E-state index in [1.54, 1.807) is 13.2 Å². The summed E-state index contributed by atoms with van der Waals surface area (Å²) in [6.07, 6.45) is 1.68. The van der Waals surface area contributed by atoms with Crippen LogP contribution in [0.3, 0.4) is 0 Å². The molecule has 0 fully saturated rings. The van der Waals surface area contributed by atoms with Gasteiger partial charge in [0.1, 0.15) is 0 Å². The Labute approximate surface area is 118 Å². The van der Waals surface area contributed by atoms with Gasteiger partial charge in [-0.2, -0.15) is 0 Å². The van der Waals surface area contributed by atoms with Crippen LogP contribution in [-0.2, 0) is 23.1 Å². The fourth-order valence-electron chi connectivity index (χ4n) is 1.10. The zero-order valence-corrected chi connectivity index (χ0v) is 14.0. The van der Waals surface area contributed by atoms with Crippen LogP contribution in [0.4, 0.5) is 0 Å². The van der Waals surface area contributed by atoms with Crippen molar-refractivity contribution in [3.05, 3.63) is 12.7 Å². The molecule has 0 amide bonds.